The van der Waals surface area contributed by atoms with E-state index in [4.69, 9.17) is 9.47 Å². The maximum Gasteiger partial charge on any atom is 0.407 e. The van der Waals surface area contributed by atoms with Gasteiger partial charge >= 0.3 is 6.09 Å². The van der Waals surface area contributed by atoms with Gasteiger partial charge in [-0.3, -0.25) is 0 Å². The molecule has 0 aliphatic carbocycles. The van der Waals surface area contributed by atoms with Crippen molar-refractivity contribution in [3.05, 3.63) is 24.4 Å². The minimum absolute atomic E-state index is 0.185. The Kier molecular flexibility index (Phi) is 3.02. The zero-order chi connectivity index (χ0) is 10.5. The van der Waals surface area contributed by atoms with Gasteiger partial charge in [-0.1, -0.05) is 6.07 Å². The van der Waals surface area contributed by atoms with Gasteiger partial charge < -0.3 is 14.8 Å². The Morgan fingerprint density at radius 1 is 1.60 bits per heavy atom. The van der Waals surface area contributed by atoms with Gasteiger partial charge in [-0.05, 0) is 6.07 Å². The summed E-state index contributed by atoms with van der Waals surface area (Å²) >= 11 is 0. The number of amides is 1. The number of cyclic esters (lactones) is 1. The zero-order valence-electron chi connectivity index (χ0n) is 8.18. The van der Waals surface area contributed by atoms with Crippen molar-refractivity contribution in [1.29, 1.82) is 0 Å². The molecule has 2 rings (SSSR count). The summed E-state index contributed by atoms with van der Waals surface area (Å²) in [5.74, 6) is 0.777. The topological polar surface area (TPSA) is 60.5 Å². The lowest BCUT2D eigenvalue weighted by Crippen LogP contribution is -2.41. The average molecular weight is 208 g/mol. The highest BCUT2D eigenvalue weighted by atomic mass is 16.6. The first-order valence-electron chi connectivity index (χ1n) is 4.79. The van der Waals surface area contributed by atoms with E-state index in [9.17, 15) is 4.79 Å². The van der Waals surface area contributed by atoms with Crippen LogP contribution in [0, 0.1) is 5.92 Å². The fourth-order valence-corrected chi connectivity index (χ4v) is 1.27. The Balaban J connectivity index is 1.77. The van der Waals surface area contributed by atoms with E-state index >= 15 is 0 Å². The third-order valence-corrected chi connectivity index (χ3v) is 2.09. The highest BCUT2D eigenvalue weighted by Crippen LogP contribution is 2.08. The number of ether oxygens (including phenoxy) is 2. The number of carbonyl (C=O) groups excluding carboxylic acids is 1. The number of nitrogens with one attached hydrogen (secondary N) is 1. The van der Waals surface area contributed by atoms with Crippen molar-refractivity contribution in [3.8, 4) is 5.88 Å². The molecule has 0 spiro atoms. The van der Waals surface area contributed by atoms with Crippen LogP contribution in [0.3, 0.4) is 0 Å². The largest absolute Gasteiger partial charge is 0.477 e. The zero-order valence-corrected chi connectivity index (χ0v) is 8.18. The van der Waals surface area contributed by atoms with Crippen LogP contribution < -0.4 is 10.1 Å². The third-order valence-electron chi connectivity index (χ3n) is 2.09. The fraction of sp³-hybridized carbons (Fsp3) is 0.400. The highest BCUT2D eigenvalue weighted by molar-refractivity contribution is 5.67. The molecule has 0 saturated carbocycles. The van der Waals surface area contributed by atoms with Crippen LogP contribution in [-0.4, -0.2) is 30.8 Å². The number of pyridine rings is 1. The van der Waals surface area contributed by atoms with Crippen molar-refractivity contribution in [2.24, 2.45) is 5.92 Å². The van der Waals surface area contributed by atoms with E-state index in [0.29, 0.717) is 25.6 Å². The molecule has 1 aliphatic rings. The standard InChI is InChI=1S/C10H12N2O3/c13-10-12-5-8(7-15-10)6-14-9-3-1-2-4-11-9/h1-4,8H,5-7H2,(H,12,13). The van der Waals surface area contributed by atoms with Gasteiger partial charge in [-0.2, -0.15) is 0 Å². The Morgan fingerprint density at radius 2 is 2.53 bits per heavy atom. The van der Waals surface area contributed by atoms with Crippen LogP contribution in [0.4, 0.5) is 4.79 Å². The number of alkyl carbamates (subject to hydrolysis) is 1. The van der Waals surface area contributed by atoms with E-state index in [1.165, 1.54) is 0 Å². The molecule has 5 heteroatoms. The molecule has 5 nitrogen and oxygen atoms in total. The minimum atomic E-state index is -0.357. The van der Waals surface area contributed by atoms with Crippen LogP contribution >= 0.6 is 0 Å². The van der Waals surface area contributed by atoms with Crippen LogP contribution in [-0.2, 0) is 4.74 Å². The molecule has 1 saturated heterocycles. The molecule has 0 aromatic carbocycles. The van der Waals surface area contributed by atoms with Gasteiger partial charge in [-0.15, -0.1) is 0 Å². The van der Waals surface area contributed by atoms with Crippen molar-refractivity contribution in [2.45, 2.75) is 0 Å². The van der Waals surface area contributed by atoms with Gasteiger partial charge in [-0.25, -0.2) is 9.78 Å². The van der Waals surface area contributed by atoms with E-state index in [1.807, 2.05) is 12.1 Å². The molecule has 2 heterocycles. The summed E-state index contributed by atoms with van der Waals surface area (Å²) in [5.41, 5.74) is 0. The molecule has 80 valence electrons. The van der Waals surface area contributed by atoms with Crippen molar-refractivity contribution in [3.63, 3.8) is 0 Å². The van der Waals surface area contributed by atoms with Crippen molar-refractivity contribution >= 4 is 6.09 Å². The summed E-state index contributed by atoms with van der Waals surface area (Å²) in [4.78, 5) is 14.7. The summed E-state index contributed by atoms with van der Waals surface area (Å²) in [6.07, 6.45) is 1.32. The predicted octanol–water partition coefficient (Wildman–Crippen LogP) is 0.816. The first-order chi connectivity index (χ1) is 7.34. The molecule has 0 radical (unpaired) electrons. The fourth-order valence-electron chi connectivity index (χ4n) is 1.27. The number of nitrogens with zero attached hydrogens (tertiary/aromatic N) is 1. The molecule has 1 unspecified atom stereocenters. The molecule has 1 atom stereocenters. The Labute approximate surface area is 87.4 Å². The average Bonchev–Trinajstić information content (AvgIpc) is 2.30. The Morgan fingerprint density at radius 3 is 3.20 bits per heavy atom. The number of aromatic nitrogens is 1. The number of rotatable bonds is 3. The SMILES string of the molecule is O=C1NCC(COc2ccccn2)CO1. The van der Waals surface area contributed by atoms with Crippen LogP contribution in [0.25, 0.3) is 0 Å². The molecule has 1 aliphatic heterocycles. The van der Waals surface area contributed by atoms with Gasteiger partial charge in [0, 0.05) is 24.7 Å². The number of hydrogen-bond donors (Lipinski definition) is 1. The lowest BCUT2D eigenvalue weighted by molar-refractivity contribution is 0.0828. The molecule has 15 heavy (non-hydrogen) atoms. The van der Waals surface area contributed by atoms with Crippen LogP contribution in [0.1, 0.15) is 0 Å². The predicted molar refractivity (Wildman–Crippen MR) is 52.6 cm³/mol. The van der Waals surface area contributed by atoms with Crippen LogP contribution in [0.2, 0.25) is 0 Å². The summed E-state index contributed by atoms with van der Waals surface area (Å²) in [6, 6.07) is 5.49. The maximum atomic E-state index is 10.7. The highest BCUT2D eigenvalue weighted by Gasteiger charge is 2.19. The van der Waals surface area contributed by atoms with E-state index in [2.05, 4.69) is 10.3 Å². The second-order valence-corrected chi connectivity index (χ2v) is 3.32. The molecule has 1 N–H and O–H groups in total. The lowest BCUT2D eigenvalue weighted by Gasteiger charge is -2.22. The first-order valence-corrected chi connectivity index (χ1v) is 4.79. The minimum Gasteiger partial charge on any atom is -0.477 e. The number of carbonyl (C=O) groups is 1. The van der Waals surface area contributed by atoms with Gasteiger partial charge in [0.1, 0.15) is 6.61 Å². The smallest absolute Gasteiger partial charge is 0.407 e. The van der Waals surface area contributed by atoms with Gasteiger partial charge in [0.25, 0.3) is 0 Å². The molecule has 1 aromatic heterocycles. The second-order valence-electron chi connectivity index (χ2n) is 3.32. The van der Waals surface area contributed by atoms with Crippen molar-refractivity contribution in [2.75, 3.05) is 19.8 Å². The lowest BCUT2D eigenvalue weighted by atomic mass is 10.1. The molecule has 0 bridgehead atoms. The van der Waals surface area contributed by atoms with Crippen molar-refractivity contribution < 1.29 is 14.3 Å². The third kappa shape index (κ3) is 2.83. The van der Waals surface area contributed by atoms with E-state index in [-0.39, 0.29) is 12.0 Å². The molecular formula is C10H12N2O3. The summed E-state index contributed by atoms with van der Waals surface area (Å²) in [5, 5.41) is 2.61. The summed E-state index contributed by atoms with van der Waals surface area (Å²) < 4.78 is 10.3. The van der Waals surface area contributed by atoms with Crippen LogP contribution in [0.5, 0.6) is 5.88 Å². The maximum absolute atomic E-state index is 10.7. The Bertz CT molecular complexity index is 319. The first kappa shape index (κ1) is 9.76. The van der Waals surface area contributed by atoms with Gasteiger partial charge in [0.05, 0.1) is 6.61 Å². The van der Waals surface area contributed by atoms with Crippen LogP contribution in [0.15, 0.2) is 24.4 Å². The van der Waals surface area contributed by atoms with E-state index in [1.54, 1.807) is 12.3 Å². The normalized spacial score (nSPS) is 20.3. The quantitative estimate of drug-likeness (QED) is 0.798. The van der Waals surface area contributed by atoms with E-state index < -0.39 is 0 Å². The molecule has 1 amide bonds. The Hall–Kier alpha value is -1.78. The number of hydrogen-bond acceptors (Lipinski definition) is 4. The monoisotopic (exact) mass is 208 g/mol. The summed E-state index contributed by atoms with van der Waals surface area (Å²) in [7, 11) is 0. The van der Waals surface area contributed by atoms with Crippen molar-refractivity contribution in [1.82, 2.24) is 10.3 Å². The van der Waals surface area contributed by atoms with Gasteiger partial charge in [0.2, 0.25) is 5.88 Å². The molecule has 1 aromatic rings. The summed E-state index contributed by atoms with van der Waals surface area (Å²) in [6.45, 7) is 1.49. The second kappa shape index (κ2) is 4.63. The van der Waals surface area contributed by atoms with Gasteiger partial charge in [0.15, 0.2) is 0 Å². The molecule has 1 fully saturated rings. The molecular weight excluding hydrogens is 196 g/mol. The van der Waals surface area contributed by atoms with E-state index in [0.717, 1.165) is 0 Å².